The molecule has 8 heteroatoms. The number of carbonyl (C=O) groups is 4. The molecule has 0 aliphatic carbocycles. The van der Waals surface area contributed by atoms with Gasteiger partial charge in [-0.2, -0.15) is 0 Å². The molecule has 8 nitrogen and oxygen atoms in total. The summed E-state index contributed by atoms with van der Waals surface area (Å²) in [4.78, 5) is 53.7. The van der Waals surface area contributed by atoms with Crippen LogP contribution >= 0.6 is 0 Å². The Morgan fingerprint density at radius 3 is 2.43 bits per heavy atom. The van der Waals surface area contributed by atoms with Crippen LogP contribution in [0.1, 0.15) is 69.5 Å². The molecule has 1 aliphatic heterocycles. The Morgan fingerprint density at radius 1 is 1.00 bits per heavy atom. The Balaban J connectivity index is 1.99. The maximum absolute atomic E-state index is 13.6. The van der Waals surface area contributed by atoms with Crippen molar-refractivity contribution in [3.8, 4) is 0 Å². The molecule has 0 unspecified atom stereocenters. The molecule has 0 atom stereocenters. The summed E-state index contributed by atoms with van der Waals surface area (Å²) in [5.41, 5.74) is 9.05. The number of carbonyl (C=O) groups excluding carboxylic acids is 3. The normalized spacial score (nSPS) is 13.6. The molecule has 0 radical (unpaired) electrons. The van der Waals surface area contributed by atoms with Crippen LogP contribution in [0.15, 0.2) is 36.4 Å². The molecular formula is C27H33N3O5. The quantitative estimate of drug-likeness (QED) is 0.398. The molecule has 35 heavy (non-hydrogen) atoms. The molecule has 2 aromatic rings. The van der Waals surface area contributed by atoms with Gasteiger partial charge in [-0.1, -0.05) is 36.6 Å². The van der Waals surface area contributed by atoms with Gasteiger partial charge in [-0.15, -0.1) is 0 Å². The highest BCUT2D eigenvalue weighted by Crippen LogP contribution is 2.30. The van der Waals surface area contributed by atoms with Gasteiger partial charge in [-0.05, 0) is 69.0 Å². The van der Waals surface area contributed by atoms with Gasteiger partial charge >= 0.3 is 5.97 Å². The zero-order chi connectivity index (χ0) is 25.5. The van der Waals surface area contributed by atoms with Crippen molar-refractivity contribution in [2.45, 2.75) is 52.4 Å². The second-order valence-corrected chi connectivity index (χ2v) is 9.03. The Labute approximate surface area is 205 Å². The molecule has 1 heterocycles. The molecule has 0 aromatic heterocycles. The van der Waals surface area contributed by atoms with Gasteiger partial charge in [0.25, 0.3) is 17.7 Å². The van der Waals surface area contributed by atoms with Crippen LogP contribution in [0, 0.1) is 13.8 Å². The van der Waals surface area contributed by atoms with E-state index in [4.69, 9.17) is 10.8 Å². The van der Waals surface area contributed by atoms with Crippen molar-refractivity contribution in [1.29, 1.82) is 0 Å². The number of unbranched alkanes of at least 4 members (excludes halogenated alkanes) is 3. The molecule has 0 bridgehead atoms. The van der Waals surface area contributed by atoms with Crippen molar-refractivity contribution < 1.29 is 24.3 Å². The number of benzene rings is 2. The average molecular weight is 480 g/mol. The molecule has 0 saturated heterocycles. The molecule has 186 valence electrons. The molecule has 0 fully saturated rings. The van der Waals surface area contributed by atoms with Crippen LogP contribution < -0.4 is 10.6 Å². The number of carboxylic acid groups (broad SMARTS) is 1. The summed E-state index contributed by atoms with van der Waals surface area (Å²) in [5.74, 6) is -2.59. The number of rotatable bonds is 10. The van der Waals surface area contributed by atoms with E-state index in [0.717, 1.165) is 53.7 Å². The smallest absolute Gasteiger partial charge is 0.305 e. The highest BCUT2D eigenvalue weighted by atomic mass is 16.4. The molecule has 3 N–H and O–H groups in total. The summed E-state index contributed by atoms with van der Waals surface area (Å²) < 4.78 is 0. The van der Waals surface area contributed by atoms with Crippen LogP contribution in [-0.4, -0.2) is 53.3 Å². The van der Waals surface area contributed by atoms with E-state index in [1.165, 1.54) is 4.90 Å². The standard InChI is InChI=1S/C27H33N3O5/c1-18-8-10-21(19(2)15-18)27(35)30-23-11-9-20(7-5-3-4-6-13-28)16-22(23)26(34)29(17-24(30)31)14-12-25(32)33/h8-11,15-16H,3-7,12-14,17,28H2,1-2H3,(H,32,33). The predicted octanol–water partition coefficient (Wildman–Crippen LogP) is 3.47. The van der Waals surface area contributed by atoms with Crippen molar-refractivity contribution in [2.75, 3.05) is 24.5 Å². The van der Waals surface area contributed by atoms with E-state index in [2.05, 4.69) is 0 Å². The van der Waals surface area contributed by atoms with Crippen molar-refractivity contribution in [3.05, 3.63) is 64.2 Å². The lowest BCUT2D eigenvalue weighted by Crippen LogP contribution is -2.43. The lowest BCUT2D eigenvalue weighted by atomic mass is 10.0. The monoisotopic (exact) mass is 479 g/mol. The predicted molar refractivity (Wildman–Crippen MR) is 134 cm³/mol. The third-order valence-electron chi connectivity index (χ3n) is 6.23. The minimum Gasteiger partial charge on any atom is -0.481 e. The van der Waals surface area contributed by atoms with Crippen LogP contribution in [0.5, 0.6) is 0 Å². The number of aliphatic carboxylic acids is 1. The Kier molecular flexibility index (Phi) is 8.76. The van der Waals surface area contributed by atoms with Gasteiger partial charge < -0.3 is 15.7 Å². The molecule has 2 aromatic carbocycles. The number of carboxylic acids is 1. The Bertz CT molecular complexity index is 1130. The van der Waals surface area contributed by atoms with E-state index in [9.17, 15) is 19.2 Å². The minimum absolute atomic E-state index is 0.117. The molecular weight excluding hydrogens is 446 g/mol. The first-order chi connectivity index (χ1) is 16.7. The van der Waals surface area contributed by atoms with Gasteiger partial charge in [0.15, 0.2) is 0 Å². The van der Waals surface area contributed by atoms with E-state index in [0.29, 0.717) is 12.1 Å². The van der Waals surface area contributed by atoms with Crippen molar-refractivity contribution in [2.24, 2.45) is 5.73 Å². The average Bonchev–Trinajstić information content (AvgIpc) is 2.91. The molecule has 3 amide bonds. The third kappa shape index (κ3) is 6.33. The van der Waals surface area contributed by atoms with Gasteiger partial charge in [0.2, 0.25) is 0 Å². The first kappa shape index (κ1) is 26.1. The second kappa shape index (κ2) is 11.8. The van der Waals surface area contributed by atoms with Crippen molar-refractivity contribution in [1.82, 2.24) is 4.90 Å². The van der Waals surface area contributed by atoms with E-state index >= 15 is 0 Å². The first-order valence-electron chi connectivity index (χ1n) is 12.0. The summed E-state index contributed by atoms with van der Waals surface area (Å²) in [6.07, 6.45) is 4.41. The maximum Gasteiger partial charge on any atom is 0.305 e. The highest BCUT2D eigenvalue weighted by molar-refractivity contribution is 6.25. The number of hydrogen-bond donors (Lipinski definition) is 2. The number of anilines is 1. The van der Waals surface area contributed by atoms with E-state index < -0.39 is 23.7 Å². The molecule has 3 rings (SSSR count). The summed E-state index contributed by atoms with van der Waals surface area (Å²) in [6.45, 7) is 3.91. The van der Waals surface area contributed by atoms with Crippen molar-refractivity contribution in [3.63, 3.8) is 0 Å². The van der Waals surface area contributed by atoms with E-state index in [1.54, 1.807) is 18.2 Å². The van der Waals surface area contributed by atoms with Gasteiger partial charge in [0.05, 0.1) is 17.7 Å². The van der Waals surface area contributed by atoms with Gasteiger partial charge in [-0.25, -0.2) is 4.90 Å². The lowest BCUT2D eigenvalue weighted by molar-refractivity contribution is -0.137. The lowest BCUT2D eigenvalue weighted by Gasteiger charge is -2.22. The topological polar surface area (TPSA) is 121 Å². The molecule has 0 spiro atoms. The third-order valence-corrected chi connectivity index (χ3v) is 6.23. The fraction of sp³-hybridized carbons (Fsp3) is 0.407. The van der Waals surface area contributed by atoms with Crippen molar-refractivity contribution >= 4 is 29.4 Å². The van der Waals surface area contributed by atoms with Crippen LogP contribution in [0.4, 0.5) is 5.69 Å². The Hall–Kier alpha value is -3.52. The largest absolute Gasteiger partial charge is 0.481 e. The van der Waals surface area contributed by atoms with E-state index in [-0.39, 0.29) is 30.8 Å². The fourth-order valence-electron chi connectivity index (χ4n) is 4.35. The van der Waals surface area contributed by atoms with E-state index in [1.807, 2.05) is 32.0 Å². The second-order valence-electron chi connectivity index (χ2n) is 9.03. The number of nitrogens with two attached hydrogens (primary N) is 1. The summed E-state index contributed by atoms with van der Waals surface area (Å²) >= 11 is 0. The zero-order valence-electron chi connectivity index (χ0n) is 20.4. The first-order valence-corrected chi connectivity index (χ1v) is 12.0. The highest BCUT2D eigenvalue weighted by Gasteiger charge is 2.36. The number of imide groups is 1. The summed E-state index contributed by atoms with van der Waals surface area (Å²) in [7, 11) is 0. The zero-order valence-corrected chi connectivity index (χ0v) is 20.4. The molecule has 0 saturated carbocycles. The summed E-state index contributed by atoms with van der Waals surface area (Å²) in [5, 5.41) is 9.11. The Morgan fingerprint density at radius 2 is 1.74 bits per heavy atom. The van der Waals surface area contributed by atoms with Gasteiger partial charge in [0, 0.05) is 12.1 Å². The number of nitrogens with zero attached hydrogens (tertiary/aromatic N) is 2. The van der Waals surface area contributed by atoms with Crippen LogP contribution in [0.3, 0.4) is 0 Å². The van der Waals surface area contributed by atoms with Crippen LogP contribution in [-0.2, 0) is 16.0 Å². The number of hydrogen-bond acceptors (Lipinski definition) is 5. The van der Waals surface area contributed by atoms with Crippen LogP contribution in [0.25, 0.3) is 0 Å². The maximum atomic E-state index is 13.6. The molecule has 1 aliphatic rings. The number of fused-ring (bicyclic) bond motifs is 1. The SMILES string of the molecule is Cc1ccc(C(=O)N2C(=O)CN(CCC(=O)O)C(=O)c3cc(CCCCCCN)ccc32)c(C)c1. The minimum atomic E-state index is -1.07. The fourth-order valence-corrected chi connectivity index (χ4v) is 4.35. The van der Waals surface area contributed by atoms with Gasteiger partial charge in [-0.3, -0.25) is 19.2 Å². The number of aryl methyl sites for hydroxylation is 3. The summed E-state index contributed by atoms with van der Waals surface area (Å²) in [6, 6.07) is 10.6. The van der Waals surface area contributed by atoms with Gasteiger partial charge in [0.1, 0.15) is 6.54 Å². The van der Waals surface area contributed by atoms with Crippen LogP contribution in [0.2, 0.25) is 0 Å². The number of amides is 3.